The van der Waals surface area contributed by atoms with Crippen molar-refractivity contribution in [1.82, 2.24) is 0 Å². The van der Waals surface area contributed by atoms with Crippen LogP contribution in [0.5, 0.6) is 0 Å². The number of halogens is 1. The van der Waals surface area contributed by atoms with Crippen molar-refractivity contribution in [3.05, 3.63) is 33.3 Å². The fraction of sp³-hybridized carbons (Fsp3) is 0.364. The third-order valence-electron chi connectivity index (χ3n) is 2.54. The predicted octanol–water partition coefficient (Wildman–Crippen LogP) is 2.41. The van der Waals surface area contributed by atoms with Crippen molar-refractivity contribution < 1.29 is 14.8 Å². The van der Waals surface area contributed by atoms with E-state index in [1.54, 1.807) is 24.9 Å². The van der Waals surface area contributed by atoms with Crippen molar-refractivity contribution in [3.8, 4) is 0 Å². The molecule has 98 valence electrons. The molecule has 1 aromatic carbocycles. The monoisotopic (exact) mass is 272 g/mol. The van der Waals surface area contributed by atoms with Crippen LogP contribution in [0.3, 0.4) is 0 Å². The predicted molar refractivity (Wildman–Crippen MR) is 68.2 cm³/mol. The van der Waals surface area contributed by atoms with Crippen LogP contribution in [-0.2, 0) is 4.79 Å². The number of hydrogen-bond donors (Lipinski definition) is 1. The number of carbonyl (C=O) groups is 1. The van der Waals surface area contributed by atoms with E-state index in [0.29, 0.717) is 5.69 Å². The van der Waals surface area contributed by atoms with Crippen LogP contribution in [0.15, 0.2) is 18.2 Å². The van der Waals surface area contributed by atoms with Crippen molar-refractivity contribution >= 4 is 28.9 Å². The van der Waals surface area contributed by atoms with E-state index in [-0.39, 0.29) is 17.3 Å². The Morgan fingerprint density at radius 2 is 2.22 bits per heavy atom. The molecular weight excluding hydrogens is 260 g/mol. The Morgan fingerprint density at radius 3 is 2.72 bits per heavy atom. The summed E-state index contributed by atoms with van der Waals surface area (Å²) in [7, 11) is 1.67. The van der Waals surface area contributed by atoms with Gasteiger partial charge in [-0.25, -0.2) is 0 Å². The molecule has 0 heterocycles. The Hall–Kier alpha value is -1.82. The van der Waals surface area contributed by atoms with Gasteiger partial charge in [-0.3, -0.25) is 14.9 Å². The molecule has 1 aromatic rings. The number of nitro benzene ring substituents is 1. The van der Waals surface area contributed by atoms with E-state index in [1.807, 2.05) is 0 Å². The Bertz CT molecular complexity index is 478. The van der Waals surface area contributed by atoms with E-state index >= 15 is 0 Å². The van der Waals surface area contributed by atoms with Gasteiger partial charge in [0.25, 0.3) is 5.69 Å². The highest BCUT2D eigenvalue weighted by molar-refractivity contribution is 6.32. The molecule has 1 atom stereocenters. The van der Waals surface area contributed by atoms with E-state index in [4.69, 9.17) is 16.7 Å². The lowest BCUT2D eigenvalue weighted by atomic mass is 10.1. The third-order valence-corrected chi connectivity index (χ3v) is 2.86. The molecular formula is C11H13ClN2O4. The molecule has 0 saturated heterocycles. The minimum atomic E-state index is -0.912. The van der Waals surface area contributed by atoms with Crippen LogP contribution in [0.1, 0.15) is 6.92 Å². The fourth-order valence-corrected chi connectivity index (χ4v) is 1.66. The summed E-state index contributed by atoms with van der Waals surface area (Å²) in [6.45, 7) is 1.83. The van der Waals surface area contributed by atoms with Gasteiger partial charge in [0.05, 0.1) is 10.8 Å². The molecule has 6 nitrogen and oxygen atoms in total. The average Bonchev–Trinajstić information content (AvgIpc) is 2.28. The summed E-state index contributed by atoms with van der Waals surface area (Å²) < 4.78 is 0. The second-order valence-corrected chi connectivity index (χ2v) is 4.42. The van der Waals surface area contributed by atoms with Crippen molar-refractivity contribution in [1.29, 1.82) is 0 Å². The van der Waals surface area contributed by atoms with Crippen LogP contribution in [0, 0.1) is 16.0 Å². The van der Waals surface area contributed by atoms with E-state index < -0.39 is 16.8 Å². The SMILES string of the molecule is CC(CN(C)c1ccc(Cl)c([N+](=O)[O-])c1)C(=O)O. The summed E-state index contributed by atoms with van der Waals surface area (Å²) in [5, 5.41) is 19.6. The maximum absolute atomic E-state index is 10.7. The lowest BCUT2D eigenvalue weighted by Crippen LogP contribution is -2.28. The zero-order valence-electron chi connectivity index (χ0n) is 9.96. The average molecular weight is 273 g/mol. The first-order valence-corrected chi connectivity index (χ1v) is 5.58. The molecule has 0 spiro atoms. The molecule has 0 aliphatic heterocycles. The van der Waals surface area contributed by atoms with Gasteiger partial charge in [0.2, 0.25) is 0 Å². The molecule has 1 rings (SSSR count). The normalized spacial score (nSPS) is 11.9. The van der Waals surface area contributed by atoms with Gasteiger partial charge in [-0.15, -0.1) is 0 Å². The summed E-state index contributed by atoms with van der Waals surface area (Å²) in [5.74, 6) is -1.48. The molecule has 0 fully saturated rings. The Balaban J connectivity index is 2.93. The van der Waals surface area contributed by atoms with Gasteiger partial charge >= 0.3 is 5.97 Å². The van der Waals surface area contributed by atoms with E-state index in [9.17, 15) is 14.9 Å². The van der Waals surface area contributed by atoms with Crippen LogP contribution in [0.4, 0.5) is 11.4 Å². The minimum Gasteiger partial charge on any atom is -0.481 e. The Morgan fingerprint density at radius 1 is 1.61 bits per heavy atom. The van der Waals surface area contributed by atoms with Crippen molar-refractivity contribution in [3.63, 3.8) is 0 Å². The number of anilines is 1. The van der Waals surface area contributed by atoms with Crippen LogP contribution in [0.25, 0.3) is 0 Å². The fourth-order valence-electron chi connectivity index (χ4n) is 1.47. The molecule has 0 amide bonds. The van der Waals surface area contributed by atoms with Crippen molar-refractivity contribution in [2.24, 2.45) is 5.92 Å². The lowest BCUT2D eigenvalue weighted by molar-refractivity contribution is -0.384. The van der Waals surface area contributed by atoms with E-state index in [2.05, 4.69) is 0 Å². The second-order valence-electron chi connectivity index (χ2n) is 4.01. The Labute approximate surface area is 109 Å². The summed E-state index contributed by atoms with van der Waals surface area (Å²) in [5.41, 5.74) is 0.364. The number of benzene rings is 1. The van der Waals surface area contributed by atoms with Crippen LogP contribution >= 0.6 is 11.6 Å². The molecule has 0 aliphatic carbocycles. The number of aliphatic carboxylic acids is 1. The topological polar surface area (TPSA) is 83.7 Å². The standard InChI is InChI=1S/C11H13ClN2O4/c1-7(11(15)16)6-13(2)8-3-4-9(12)10(5-8)14(17)18/h3-5,7H,6H2,1-2H3,(H,15,16). The lowest BCUT2D eigenvalue weighted by Gasteiger charge is -2.21. The molecule has 0 aliphatic rings. The highest BCUT2D eigenvalue weighted by atomic mass is 35.5. The number of carboxylic acid groups (broad SMARTS) is 1. The first-order valence-electron chi connectivity index (χ1n) is 5.20. The smallest absolute Gasteiger partial charge is 0.308 e. The summed E-state index contributed by atoms with van der Waals surface area (Å²) in [6, 6.07) is 4.37. The van der Waals surface area contributed by atoms with Gasteiger partial charge in [-0.1, -0.05) is 18.5 Å². The molecule has 0 saturated carbocycles. The maximum atomic E-state index is 10.7. The molecule has 18 heavy (non-hydrogen) atoms. The zero-order valence-corrected chi connectivity index (χ0v) is 10.7. The summed E-state index contributed by atoms with van der Waals surface area (Å²) >= 11 is 5.70. The molecule has 0 radical (unpaired) electrons. The molecule has 0 bridgehead atoms. The van der Waals surface area contributed by atoms with Gasteiger partial charge in [0.1, 0.15) is 5.02 Å². The molecule has 0 aromatic heterocycles. The molecule has 1 N–H and O–H groups in total. The molecule has 1 unspecified atom stereocenters. The number of nitro groups is 1. The first kappa shape index (κ1) is 14.2. The molecule has 7 heteroatoms. The minimum absolute atomic E-state index is 0.0587. The maximum Gasteiger partial charge on any atom is 0.308 e. The first-order chi connectivity index (χ1) is 8.32. The number of rotatable bonds is 5. The largest absolute Gasteiger partial charge is 0.481 e. The zero-order chi connectivity index (χ0) is 13.9. The summed E-state index contributed by atoms with van der Waals surface area (Å²) in [6.07, 6.45) is 0. The quantitative estimate of drug-likeness (QED) is 0.657. The summed E-state index contributed by atoms with van der Waals surface area (Å²) in [4.78, 5) is 22.5. The van der Waals surface area contributed by atoms with Gasteiger partial charge < -0.3 is 10.0 Å². The van der Waals surface area contributed by atoms with Gasteiger partial charge in [0, 0.05) is 25.3 Å². The highest BCUT2D eigenvalue weighted by Gasteiger charge is 2.17. The van der Waals surface area contributed by atoms with Crippen LogP contribution in [0.2, 0.25) is 5.02 Å². The highest BCUT2D eigenvalue weighted by Crippen LogP contribution is 2.29. The van der Waals surface area contributed by atoms with Crippen LogP contribution in [-0.4, -0.2) is 29.6 Å². The Kier molecular flexibility index (Phi) is 4.49. The number of nitrogens with zero attached hydrogens (tertiary/aromatic N) is 2. The van der Waals surface area contributed by atoms with Crippen LogP contribution < -0.4 is 4.90 Å². The number of hydrogen-bond acceptors (Lipinski definition) is 4. The van der Waals surface area contributed by atoms with Crippen molar-refractivity contribution in [2.45, 2.75) is 6.92 Å². The van der Waals surface area contributed by atoms with Gasteiger partial charge in [-0.2, -0.15) is 0 Å². The third kappa shape index (κ3) is 3.33. The van der Waals surface area contributed by atoms with E-state index in [1.165, 1.54) is 12.1 Å². The van der Waals surface area contributed by atoms with Gasteiger partial charge in [-0.05, 0) is 12.1 Å². The number of carboxylic acids is 1. The second kappa shape index (κ2) is 5.68. The van der Waals surface area contributed by atoms with Gasteiger partial charge in [0.15, 0.2) is 0 Å². The van der Waals surface area contributed by atoms with Crippen molar-refractivity contribution in [2.75, 3.05) is 18.5 Å². The van der Waals surface area contributed by atoms with E-state index in [0.717, 1.165) is 0 Å².